The lowest BCUT2D eigenvalue weighted by Gasteiger charge is -2.10. The smallest absolute Gasteiger partial charge is 0.329 e. The van der Waals surface area contributed by atoms with Crippen molar-refractivity contribution in [3.63, 3.8) is 0 Å². The quantitative estimate of drug-likeness (QED) is 0.349. The number of carbonyl (C=O) groups is 1. The lowest BCUT2D eigenvalue weighted by atomic mass is 10.7. The highest BCUT2D eigenvalue weighted by Crippen LogP contribution is 1.93. The maximum atomic E-state index is 10.7. The van der Waals surface area contributed by atoms with Crippen molar-refractivity contribution < 1.29 is 14.3 Å². The first-order chi connectivity index (χ1) is 5.74. The van der Waals surface area contributed by atoms with Crippen LogP contribution in [0.5, 0.6) is 0 Å². The number of esters is 1. The van der Waals surface area contributed by atoms with E-state index in [1.807, 2.05) is 0 Å². The van der Waals surface area contributed by atoms with Gasteiger partial charge in [0.05, 0.1) is 6.23 Å². The lowest BCUT2D eigenvalue weighted by molar-refractivity contribution is -0.135. The second kappa shape index (κ2) is 7.06. The zero-order valence-corrected chi connectivity index (χ0v) is 8.86. The summed E-state index contributed by atoms with van der Waals surface area (Å²) in [7, 11) is 0.676. The Bertz CT molecular complexity index is 147. The topological polar surface area (TPSA) is 35.5 Å². The molecule has 0 amide bonds. The van der Waals surface area contributed by atoms with Gasteiger partial charge in [-0.05, 0) is 0 Å². The first-order valence-corrected chi connectivity index (χ1v) is 6.47. The average molecular weight is 188 g/mol. The van der Waals surface area contributed by atoms with E-state index in [1.165, 1.54) is 6.08 Å². The third-order valence-corrected chi connectivity index (χ3v) is 4.21. The molecule has 0 aliphatic carbocycles. The second-order valence-electron chi connectivity index (χ2n) is 2.56. The third-order valence-electron chi connectivity index (χ3n) is 1.61. The normalized spacial score (nSPS) is 12.2. The van der Waals surface area contributed by atoms with E-state index in [0.717, 1.165) is 12.3 Å². The number of hydrogen-bond acceptors (Lipinski definition) is 3. The molecule has 1 atom stereocenters. The molecule has 1 unspecified atom stereocenters. The fourth-order valence-corrected chi connectivity index (χ4v) is 2.22. The molecule has 0 aliphatic rings. The molecule has 0 saturated carbocycles. The van der Waals surface area contributed by atoms with Crippen molar-refractivity contribution in [1.29, 1.82) is 0 Å². The van der Waals surface area contributed by atoms with Gasteiger partial charge in [-0.3, -0.25) is 0 Å². The predicted octanol–water partition coefficient (Wildman–Crippen LogP) is 0.687. The van der Waals surface area contributed by atoms with Gasteiger partial charge in [0.15, 0.2) is 0 Å². The summed E-state index contributed by atoms with van der Waals surface area (Å²) in [5, 5.41) is 0. The van der Waals surface area contributed by atoms with Crippen LogP contribution in [0.25, 0.3) is 0 Å². The van der Waals surface area contributed by atoms with Crippen molar-refractivity contribution in [3.8, 4) is 0 Å². The van der Waals surface area contributed by atoms with Crippen LogP contribution in [0.3, 0.4) is 0 Å². The van der Waals surface area contributed by atoms with Crippen LogP contribution in [-0.4, -0.2) is 34.3 Å². The zero-order chi connectivity index (χ0) is 9.40. The van der Waals surface area contributed by atoms with E-state index in [-0.39, 0.29) is 5.97 Å². The Morgan fingerprint density at radius 1 is 1.58 bits per heavy atom. The molecule has 0 aromatic rings. The molecule has 0 aromatic carbocycles. The van der Waals surface area contributed by atoms with Crippen molar-refractivity contribution in [2.75, 3.05) is 19.6 Å². The van der Waals surface area contributed by atoms with Gasteiger partial charge < -0.3 is 9.47 Å². The molecule has 0 bridgehead atoms. The van der Waals surface area contributed by atoms with Gasteiger partial charge in [-0.2, -0.15) is 0 Å². The number of hydrogen-bond donors (Lipinski definition) is 0. The van der Waals surface area contributed by atoms with Crippen LogP contribution in [-0.2, 0) is 14.3 Å². The van der Waals surface area contributed by atoms with E-state index in [4.69, 9.17) is 9.47 Å². The Morgan fingerprint density at radius 2 is 2.25 bits per heavy atom. The lowest BCUT2D eigenvalue weighted by Crippen LogP contribution is -2.27. The van der Waals surface area contributed by atoms with Crippen molar-refractivity contribution in [1.82, 2.24) is 0 Å². The summed E-state index contributed by atoms with van der Waals surface area (Å²) in [6, 6.07) is 1.08. The maximum absolute atomic E-state index is 10.7. The van der Waals surface area contributed by atoms with Crippen LogP contribution in [0.4, 0.5) is 0 Å². The first-order valence-electron chi connectivity index (χ1n) is 4.02. The van der Waals surface area contributed by atoms with Gasteiger partial charge in [0.2, 0.25) is 0 Å². The molecule has 0 aromatic heterocycles. The van der Waals surface area contributed by atoms with Gasteiger partial charge in [-0.15, -0.1) is 0 Å². The molecule has 0 N–H and O–H groups in total. The molecule has 0 fully saturated rings. The van der Waals surface area contributed by atoms with Crippen LogP contribution in [0.2, 0.25) is 6.04 Å². The van der Waals surface area contributed by atoms with Crippen molar-refractivity contribution in [3.05, 3.63) is 12.7 Å². The summed E-state index contributed by atoms with van der Waals surface area (Å²) in [4.78, 5) is 10.7. The summed E-state index contributed by atoms with van der Waals surface area (Å²) in [5.41, 5.74) is 0. The molecule has 3 nitrogen and oxygen atoms in total. The fraction of sp³-hybridized carbons (Fsp3) is 0.625. The summed E-state index contributed by atoms with van der Waals surface area (Å²) in [6.07, 6.45) is 2.50. The molecule has 0 spiro atoms. The van der Waals surface area contributed by atoms with Gasteiger partial charge in [0, 0.05) is 19.4 Å². The minimum absolute atomic E-state index is 0.336. The highest BCUT2D eigenvalue weighted by molar-refractivity contribution is 6.58. The van der Waals surface area contributed by atoms with Crippen LogP contribution in [0.15, 0.2) is 12.7 Å². The molecule has 0 radical (unpaired) electrons. The van der Waals surface area contributed by atoms with Gasteiger partial charge in [0.1, 0.15) is 8.80 Å². The fourth-order valence-electron chi connectivity index (χ4n) is 0.778. The van der Waals surface area contributed by atoms with E-state index >= 15 is 0 Å². The van der Waals surface area contributed by atoms with E-state index in [0.29, 0.717) is 6.23 Å². The summed E-state index contributed by atoms with van der Waals surface area (Å²) in [5.74, 6) is -0.336. The highest BCUT2D eigenvalue weighted by atomic mass is 28.3. The molecule has 4 heteroatoms. The van der Waals surface area contributed by atoms with E-state index < -0.39 is 8.80 Å². The average Bonchev–Trinajstić information content (AvgIpc) is 2.11. The number of ether oxygens (including phenoxy) is 2. The van der Waals surface area contributed by atoms with Gasteiger partial charge >= 0.3 is 5.97 Å². The van der Waals surface area contributed by atoms with Crippen LogP contribution < -0.4 is 0 Å². The number of methoxy groups -OCH3 is 1. The molecular formula is C8H16O3Si. The van der Waals surface area contributed by atoms with Gasteiger partial charge in [-0.25, -0.2) is 4.79 Å². The Labute approximate surface area is 75.0 Å². The number of carbonyl (C=O) groups excluding carboxylic acids is 1. The van der Waals surface area contributed by atoms with Crippen molar-refractivity contribution in [2.24, 2.45) is 0 Å². The largest absolute Gasteiger partial charge is 0.467 e. The molecule has 0 saturated heterocycles. The van der Waals surface area contributed by atoms with Crippen molar-refractivity contribution in [2.45, 2.75) is 13.0 Å². The van der Waals surface area contributed by atoms with E-state index in [2.05, 4.69) is 13.5 Å². The Balaban J connectivity index is 3.56. The van der Waals surface area contributed by atoms with E-state index in [1.54, 1.807) is 7.11 Å². The van der Waals surface area contributed by atoms with Crippen LogP contribution in [0.1, 0.15) is 6.92 Å². The van der Waals surface area contributed by atoms with Crippen LogP contribution >= 0.6 is 0 Å². The highest BCUT2D eigenvalue weighted by Gasteiger charge is 2.09. The molecule has 0 aliphatic heterocycles. The maximum Gasteiger partial charge on any atom is 0.329 e. The third kappa shape index (κ3) is 5.09. The van der Waals surface area contributed by atoms with Gasteiger partial charge in [0.25, 0.3) is 0 Å². The first kappa shape index (κ1) is 11.4. The molecular weight excluding hydrogens is 172 g/mol. The summed E-state index contributed by atoms with van der Waals surface area (Å²) < 4.78 is 9.93. The molecule has 0 rings (SSSR count). The van der Waals surface area contributed by atoms with E-state index in [9.17, 15) is 4.79 Å². The van der Waals surface area contributed by atoms with Gasteiger partial charge in [-0.1, -0.05) is 19.5 Å². The predicted molar refractivity (Wildman–Crippen MR) is 50.7 cm³/mol. The standard InChI is InChI=1S/C8H16O3Si/c1-4-8(9)11-7-12(5-2)6-10-3/h4,12H,1,5-7H2,2-3H3. The monoisotopic (exact) mass is 188 g/mol. The molecule has 12 heavy (non-hydrogen) atoms. The van der Waals surface area contributed by atoms with Crippen molar-refractivity contribution >= 4 is 14.8 Å². The Hall–Kier alpha value is -0.613. The SMILES string of the molecule is C=CC(=O)OC[SiH](CC)COC. The summed E-state index contributed by atoms with van der Waals surface area (Å²) in [6.45, 7) is 5.41. The molecule has 70 valence electrons. The van der Waals surface area contributed by atoms with Crippen LogP contribution in [0, 0.1) is 0 Å². The Kier molecular flexibility index (Phi) is 6.70. The molecule has 0 heterocycles. The zero-order valence-electron chi connectivity index (χ0n) is 7.71. The minimum atomic E-state index is -0.996. The summed E-state index contributed by atoms with van der Waals surface area (Å²) >= 11 is 0. The second-order valence-corrected chi connectivity index (χ2v) is 5.78. The minimum Gasteiger partial charge on any atom is -0.467 e. The number of rotatable bonds is 6. The Morgan fingerprint density at radius 3 is 2.67 bits per heavy atom.